The Balaban J connectivity index is 2.40. The molecule has 2 aliphatic rings. The number of hydroxylamine groups is 3. The third-order valence-corrected chi connectivity index (χ3v) is 2.02. The van der Waals surface area contributed by atoms with Gasteiger partial charge in [-0.05, 0) is 0 Å². The zero-order chi connectivity index (χ0) is 12.6. The highest BCUT2D eigenvalue weighted by Gasteiger charge is 2.50. The monoisotopic (exact) mass is 246 g/mol. The number of hydrogen-bond acceptors (Lipinski definition) is 8. The maximum absolute atomic E-state index is 11.4. The van der Waals surface area contributed by atoms with Crippen molar-refractivity contribution in [1.29, 1.82) is 0 Å². The molecule has 92 valence electrons. The second-order valence-electron chi connectivity index (χ2n) is 3.37. The van der Waals surface area contributed by atoms with Crippen molar-refractivity contribution in [2.45, 2.75) is 18.4 Å². The van der Waals surface area contributed by atoms with Crippen molar-refractivity contribution in [3.8, 4) is 0 Å². The fourth-order valence-corrected chi connectivity index (χ4v) is 1.24. The van der Waals surface area contributed by atoms with E-state index in [0.717, 1.165) is 0 Å². The van der Waals surface area contributed by atoms with Gasteiger partial charge in [0.1, 0.15) is 0 Å². The summed E-state index contributed by atoms with van der Waals surface area (Å²) in [6, 6.07) is -1.30. The van der Waals surface area contributed by atoms with E-state index in [9.17, 15) is 24.3 Å². The molecule has 2 fully saturated rings. The number of nitrogens with one attached hydrogen (secondary N) is 1. The molecule has 2 aliphatic heterocycles. The second kappa shape index (κ2) is 3.59. The number of rotatable bonds is 0. The van der Waals surface area contributed by atoms with Crippen LogP contribution >= 0.6 is 0 Å². The van der Waals surface area contributed by atoms with Crippen molar-refractivity contribution in [1.82, 2.24) is 10.7 Å². The molecular weight excluding hydrogens is 240 g/mol. The summed E-state index contributed by atoms with van der Waals surface area (Å²) in [5.41, 5.74) is -0.861. The molecule has 2 N–H and O–H groups in total. The van der Waals surface area contributed by atoms with Crippen LogP contribution in [0, 0.1) is 0 Å². The SMILES string of the molecule is O=C1CC2(O)CC(=O)ON(OC2=O)C(=O)NO1. The molecule has 10 heteroatoms. The highest BCUT2D eigenvalue weighted by atomic mass is 17.0. The summed E-state index contributed by atoms with van der Waals surface area (Å²) in [4.78, 5) is 57.7. The molecule has 1 unspecified atom stereocenters. The maximum Gasteiger partial charge on any atom is 0.421 e. The van der Waals surface area contributed by atoms with E-state index in [0.29, 0.717) is 0 Å². The largest absolute Gasteiger partial charge is 0.421 e. The quantitative estimate of drug-likeness (QED) is 0.497. The van der Waals surface area contributed by atoms with Crippen LogP contribution in [-0.4, -0.2) is 39.9 Å². The first-order valence-corrected chi connectivity index (χ1v) is 4.36. The summed E-state index contributed by atoms with van der Waals surface area (Å²) in [7, 11) is 0. The number of urea groups is 1. The molecule has 2 heterocycles. The minimum absolute atomic E-state index is 0.110. The third-order valence-electron chi connectivity index (χ3n) is 2.02. The second-order valence-corrected chi connectivity index (χ2v) is 3.37. The smallest absolute Gasteiger partial charge is 0.377 e. The predicted octanol–water partition coefficient (Wildman–Crippen LogP) is -2.09. The van der Waals surface area contributed by atoms with Crippen LogP contribution in [0.1, 0.15) is 12.8 Å². The molecule has 17 heavy (non-hydrogen) atoms. The van der Waals surface area contributed by atoms with Gasteiger partial charge in [0.15, 0.2) is 5.60 Å². The van der Waals surface area contributed by atoms with Gasteiger partial charge in [-0.15, -0.1) is 0 Å². The summed E-state index contributed by atoms with van der Waals surface area (Å²) >= 11 is 0. The van der Waals surface area contributed by atoms with Gasteiger partial charge < -0.3 is 14.8 Å². The Labute approximate surface area is 92.9 Å². The highest BCUT2D eigenvalue weighted by molar-refractivity contribution is 5.93. The molecule has 0 aromatic carbocycles. The Morgan fingerprint density at radius 2 is 1.76 bits per heavy atom. The van der Waals surface area contributed by atoms with Crippen molar-refractivity contribution in [2.75, 3.05) is 0 Å². The van der Waals surface area contributed by atoms with Gasteiger partial charge in [0, 0.05) is 5.23 Å². The molecule has 0 saturated carbocycles. The number of aliphatic hydroxyl groups is 1. The van der Waals surface area contributed by atoms with Crippen LogP contribution in [0.2, 0.25) is 0 Å². The van der Waals surface area contributed by atoms with Gasteiger partial charge in [0.05, 0.1) is 12.8 Å². The van der Waals surface area contributed by atoms with Gasteiger partial charge in [-0.1, -0.05) is 0 Å². The minimum Gasteiger partial charge on any atom is -0.377 e. The molecule has 0 radical (unpaired) electrons. The summed E-state index contributed by atoms with van der Waals surface area (Å²) in [5.74, 6) is -3.57. The average Bonchev–Trinajstić information content (AvgIpc) is 2.31. The summed E-state index contributed by atoms with van der Waals surface area (Å²) < 4.78 is 0. The lowest BCUT2D eigenvalue weighted by Crippen LogP contribution is -2.42. The van der Waals surface area contributed by atoms with Crippen molar-refractivity contribution < 1.29 is 38.8 Å². The molecule has 0 aromatic rings. The molecule has 2 amide bonds. The van der Waals surface area contributed by atoms with Crippen molar-refractivity contribution in [3.63, 3.8) is 0 Å². The van der Waals surface area contributed by atoms with E-state index in [1.54, 1.807) is 5.48 Å². The lowest BCUT2D eigenvalue weighted by Gasteiger charge is -2.18. The Morgan fingerprint density at radius 1 is 1.12 bits per heavy atom. The standard InChI is InChI=1S/C7H6N2O8/c10-3-1-7(14)2-4(11)16-9(17-5(7)12)6(13)8-15-3/h14H,1-2H2,(H,8,13). The first-order chi connectivity index (χ1) is 7.90. The van der Waals surface area contributed by atoms with Crippen LogP contribution in [0.15, 0.2) is 0 Å². The number of carbonyl (C=O) groups excluding carboxylic acids is 4. The predicted molar refractivity (Wildman–Crippen MR) is 42.8 cm³/mol. The maximum atomic E-state index is 11.4. The molecule has 2 saturated heterocycles. The lowest BCUT2D eigenvalue weighted by molar-refractivity contribution is -0.288. The fourth-order valence-electron chi connectivity index (χ4n) is 1.24. The van der Waals surface area contributed by atoms with Crippen LogP contribution in [-0.2, 0) is 28.9 Å². The Morgan fingerprint density at radius 3 is 2.47 bits per heavy atom. The number of nitrogens with zero attached hydrogens (tertiary/aromatic N) is 1. The van der Waals surface area contributed by atoms with Gasteiger partial charge in [-0.25, -0.2) is 19.2 Å². The van der Waals surface area contributed by atoms with Gasteiger partial charge in [-0.2, -0.15) is 5.48 Å². The van der Waals surface area contributed by atoms with E-state index in [1.165, 1.54) is 0 Å². The number of fused-ring (bicyclic) bond motifs is 3. The highest BCUT2D eigenvalue weighted by Crippen LogP contribution is 2.24. The van der Waals surface area contributed by atoms with Crippen molar-refractivity contribution >= 4 is 23.9 Å². The van der Waals surface area contributed by atoms with E-state index in [4.69, 9.17) is 0 Å². The van der Waals surface area contributed by atoms with Crippen LogP contribution in [0.25, 0.3) is 0 Å². The van der Waals surface area contributed by atoms with Gasteiger partial charge >= 0.3 is 23.9 Å². The van der Waals surface area contributed by atoms with Crippen LogP contribution in [0.3, 0.4) is 0 Å². The van der Waals surface area contributed by atoms with Gasteiger partial charge in [0.25, 0.3) is 0 Å². The van der Waals surface area contributed by atoms with E-state index in [2.05, 4.69) is 14.5 Å². The average molecular weight is 246 g/mol. The zero-order valence-electron chi connectivity index (χ0n) is 8.17. The summed E-state index contributed by atoms with van der Waals surface area (Å²) in [5, 5.41) is 9.67. The summed E-state index contributed by atoms with van der Waals surface area (Å²) in [6.07, 6.45) is -1.68. The molecule has 0 aromatic heterocycles. The van der Waals surface area contributed by atoms with Crippen LogP contribution < -0.4 is 5.48 Å². The Kier molecular flexibility index (Phi) is 2.35. The van der Waals surface area contributed by atoms with Crippen molar-refractivity contribution in [3.05, 3.63) is 0 Å². The molecule has 0 aliphatic carbocycles. The van der Waals surface area contributed by atoms with E-state index >= 15 is 0 Å². The minimum atomic E-state index is -2.42. The Hall–Kier alpha value is -2.36. The topological polar surface area (TPSA) is 131 Å². The van der Waals surface area contributed by atoms with E-state index in [-0.39, 0.29) is 5.23 Å². The third kappa shape index (κ3) is 1.97. The summed E-state index contributed by atoms with van der Waals surface area (Å²) in [6.45, 7) is 0. The Bertz CT molecular complexity index is 420. The molecule has 1 atom stereocenters. The van der Waals surface area contributed by atoms with Crippen molar-refractivity contribution in [2.24, 2.45) is 0 Å². The number of amides is 2. The fraction of sp³-hybridized carbons (Fsp3) is 0.429. The van der Waals surface area contributed by atoms with E-state index in [1.807, 2.05) is 0 Å². The molecule has 2 rings (SSSR count). The van der Waals surface area contributed by atoms with Gasteiger partial charge in [-0.3, -0.25) is 4.84 Å². The molecule has 0 spiro atoms. The first-order valence-electron chi connectivity index (χ1n) is 4.36. The van der Waals surface area contributed by atoms with Crippen LogP contribution in [0.5, 0.6) is 0 Å². The number of hydrogen-bond donors (Lipinski definition) is 2. The normalized spacial score (nSPS) is 29.1. The van der Waals surface area contributed by atoms with Gasteiger partial charge in [0.2, 0.25) is 0 Å². The molecular formula is C7H6N2O8. The molecule has 10 nitrogen and oxygen atoms in total. The van der Waals surface area contributed by atoms with Crippen LogP contribution in [0.4, 0.5) is 4.79 Å². The lowest BCUT2D eigenvalue weighted by atomic mass is 9.96. The number of carbonyl (C=O) groups is 4. The van der Waals surface area contributed by atoms with E-state index < -0.39 is 42.4 Å². The zero-order valence-corrected chi connectivity index (χ0v) is 8.17. The molecule has 2 bridgehead atoms. The first kappa shape index (κ1) is 11.1.